The summed E-state index contributed by atoms with van der Waals surface area (Å²) in [6.45, 7) is 2.33. The zero-order valence-electron chi connectivity index (χ0n) is 10.5. The first-order chi connectivity index (χ1) is 9.00. The second kappa shape index (κ2) is 5.57. The lowest BCUT2D eigenvalue weighted by Crippen LogP contribution is -2.49. The monoisotopic (exact) mass is 282 g/mol. The SMILES string of the molecule is C[C@@H]1[C@H](C(=O)O)CCCN1C(=O)c1ccc(Cl)cn1. The van der Waals surface area contributed by atoms with Gasteiger partial charge in [-0.1, -0.05) is 11.6 Å². The standard InChI is InChI=1S/C13H15ClN2O3/c1-8-10(13(18)19)3-2-6-16(8)12(17)11-5-4-9(14)7-15-11/h4-5,7-8,10H,2-3,6H2,1H3,(H,18,19)/t8-,10-/m1/s1. The summed E-state index contributed by atoms with van der Waals surface area (Å²) < 4.78 is 0. The zero-order chi connectivity index (χ0) is 14.0. The van der Waals surface area contributed by atoms with Crippen molar-refractivity contribution in [2.75, 3.05) is 6.54 Å². The van der Waals surface area contributed by atoms with Crippen molar-refractivity contribution >= 4 is 23.5 Å². The van der Waals surface area contributed by atoms with Crippen molar-refractivity contribution in [2.24, 2.45) is 5.92 Å². The molecule has 102 valence electrons. The van der Waals surface area contributed by atoms with Crippen LogP contribution < -0.4 is 0 Å². The molecule has 1 aliphatic heterocycles. The zero-order valence-corrected chi connectivity index (χ0v) is 11.3. The third-order valence-electron chi connectivity index (χ3n) is 3.51. The van der Waals surface area contributed by atoms with Gasteiger partial charge < -0.3 is 10.0 Å². The van der Waals surface area contributed by atoms with E-state index in [1.165, 1.54) is 6.20 Å². The fraction of sp³-hybridized carbons (Fsp3) is 0.462. The van der Waals surface area contributed by atoms with Gasteiger partial charge in [0.1, 0.15) is 5.69 Å². The Morgan fingerprint density at radius 1 is 1.47 bits per heavy atom. The lowest BCUT2D eigenvalue weighted by Gasteiger charge is -2.37. The molecule has 0 unspecified atom stereocenters. The molecule has 2 atom stereocenters. The van der Waals surface area contributed by atoms with Gasteiger partial charge in [0.25, 0.3) is 5.91 Å². The highest BCUT2D eigenvalue weighted by molar-refractivity contribution is 6.30. The molecule has 19 heavy (non-hydrogen) atoms. The van der Waals surface area contributed by atoms with Crippen LogP contribution in [0.2, 0.25) is 5.02 Å². The average molecular weight is 283 g/mol. The summed E-state index contributed by atoms with van der Waals surface area (Å²) in [6, 6.07) is 2.84. The van der Waals surface area contributed by atoms with Crippen LogP contribution in [0.5, 0.6) is 0 Å². The number of carboxylic acids is 1. The number of amides is 1. The molecule has 1 fully saturated rings. The van der Waals surface area contributed by atoms with Crippen LogP contribution >= 0.6 is 11.6 Å². The van der Waals surface area contributed by atoms with Gasteiger partial charge in [-0.25, -0.2) is 4.98 Å². The Hall–Kier alpha value is -1.62. The van der Waals surface area contributed by atoms with Crippen molar-refractivity contribution < 1.29 is 14.7 Å². The highest BCUT2D eigenvalue weighted by atomic mass is 35.5. The summed E-state index contributed by atoms with van der Waals surface area (Å²) in [4.78, 5) is 29.0. The van der Waals surface area contributed by atoms with Crippen LogP contribution in [0.3, 0.4) is 0 Å². The lowest BCUT2D eigenvalue weighted by molar-refractivity contribution is -0.144. The van der Waals surface area contributed by atoms with Crippen molar-refractivity contribution in [3.8, 4) is 0 Å². The summed E-state index contributed by atoms with van der Waals surface area (Å²) in [7, 11) is 0. The number of carboxylic acid groups (broad SMARTS) is 1. The fourth-order valence-electron chi connectivity index (χ4n) is 2.41. The molecule has 1 amide bonds. The van der Waals surface area contributed by atoms with Gasteiger partial charge in [0.05, 0.1) is 10.9 Å². The molecule has 1 aliphatic rings. The maximum absolute atomic E-state index is 12.3. The van der Waals surface area contributed by atoms with Crippen LogP contribution in [0.4, 0.5) is 0 Å². The Bertz CT molecular complexity index is 489. The largest absolute Gasteiger partial charge is 0.481 e. The average Bonchev–Trinajstić information content (AvgIpc) is 2.38. The van der Waals surface area contributed by atoms with Gasteiger partial charge in [0.15, 0.2) is 0 Å². The van der Waals surface area contributed by atoms with Crippen LogP contribution in [-0.4, -0.2) is 39.5 Å². The first-order valence-electron chi connectivity index (χ1n) is 6.16. The van der Waals surface area contributed by atoms with E-state index in [4.69, 9.17) is 16.7 Å². The summed E-state index contributed by atoms with van der Waals surface area (Å²) in [5, 5.41) is 9.61. The van der Waals surface area contributed by atoms with Crippen molar-refractivity contribution in [3.63, 3.8) is 0 Å². The second-order valence-corrected chi connectivity index (χ2v) is 5.12. The van der Waals surface area contributed by atoms with Crippen LogP contribution in [0.15, 0.2) is 18.3 Å². The predicted molar refractivity (Wildman–Crippen MR) is 70.1 cm³/mol. The number of carbonyl (C=O) groups is 2. The molecule has 1 saturated heterocycles. The Morgan fingerprint density at radius 2 is 2.21 bits per heavy atom. The van der Waals surface area contributed by atoms with Crippen LogP contribution in [0.25, 0.3) is 0 Å². The van der Waals surface area contributed by atoms with Crippen molar-refractivity contribution in [1.29, 1.82) is 0 Å². The lowest BCUT2D eigenvalue weighted by atomic mass is 9.90. The smallest absolute Gasteiger partial charge is 0.308 e. The normalized spacial score (nSPS) is 23.2. The molecule has 6 heteroatoms. The maximum atomic E-state index is 12.3. The molecule has 1 aromatic rings. The van der Waals surface area contributed by atoms with Gasteiger partial charge >= 0.3 is 5.97 Å². The van der Waals surface area contributed by atoms with Crippen LogP contribution in [0, 0.1) is 5.92 Å². The molecule has 1 N–H and O–H groups in total. The number of nitrogens with zero attached hydrogens (tertiary/aromatic N) is 2. The first-order valence-corrected chi connectivity index (χ1v) is 6.54. The second-order valence-electron chi connectivity index (χ2n) is 4.69. The van der Waals surface area contributed by atoms with E-state index in [9.17, 15) is 9.59 Å². The van der Waals surface area contributed by atoms with Gasteiger partial charge in [-0.15, -0.1) is 0 Å². The van der Waals surface area contributed by atoms with Crippen molar-refractivity contribution in [3.05, 3.63) is 29.0 Å². The van der Waals surface area contributed by atoms with E-state index in [0.29, 0.717) is 30.1 Å². The number of aromatic nitrogens is 1. The van der Waals surface area contributed by atoms with Crippen LogP contribution in [-0.2, 0) is 4.79 Å². The van der Waals surface area contributed by atoms with E-state index in [2.05, 4.69) is 4.98 Å². The molecule has 0 bridgehead atoms. The minimum absolute atomic E-state index is 0.241. The van der Waals surface area contributed by atoms with Gasteiger partial charge in [-0.3, -0.25) is 9.59 Å². The summed E-state index contributed by atoms with van der Waals surface area (Å²) in [6.07, 6.45) is 2.72. The van der Waals surface area contributed by atoms with E-state index in [1.54, 1.807) is 24.0 Å². The fourth-order valence-corrected chi connectivity index (χ4v) is 2.52. The Morgan fingerprint density at radius 3 is 2.79 bits per heavy atom. The summed E-state index contributed by atoms with van der Waals surface area (Å²) >= 11 is 5.73. The molecule has 0 aromatic carbocycles. The van der Waals surface area contributed by atoms with E-state index >= 15 is 0 Å². The molecule has 0 radical (unpaired) electrons. The van der Waals surface area contributed by atoms with E-state index in [0.717, 1.165) is 0 Å². The molecule has 0 saturated carbocycles. The van der Waals surface area contributed by atoms with Gasteiger partial charge in [0.2, 0.25) is 0 Å². The molecular weight excluding hydrogens is 268 g/mol. The number of aliphatic carboxylic acids is 1. The minimum Gasteiger partial charge on any atom is -0.481 e. The third-order valence-corrected chi connectivity index (χ3v) is 3.74. The highest BCUT2D eigenvalue weighted by Crippen LogP contribution is 2.25. The Kier molecular flexibility index (Phi) is 4.04. The number of pyridine rings is 1. The third kappa shape index (κ3) is 2.87. The van der Waals surface area contributed by atoms with Crippen LogP contribution in [0.1, 0.15) is 30.3 Å². The van der Waals surface area contributed by atoms with E-state index in [-0.39, 0.29) is 11.9 Å². The minimum atomic E-state index is -0.853. The quantitative estimate of drug-likeness (QED) is 0.901. The first kappa shape index (κ1) is 13.8. The molecule has 0 aliphatic carbocycles. The van der Waals surface area contributed by atoms with Crippen molar-refractivity contribution in [1.82, 2.24) is 9.88 Å². The number of hydrogen-bond acceptors (Lipinski definition) is 3. The summed E-state index contributed by atoms with van der Waals surface area (Å²) in [5.41, 5.74) is 0.294. The number of rotatable bonds is 2. The molecule has 0 spiro atoms. The van der Waals surface area contributed by atoms with E-state index in [1.807, 2.05) is 0 Å². The Labute approximate surface area is 116 Å². The number of carbonyl (C=O) groups excluding carboxylic acids is 1. The summed E-state index contributed by atoms with van der Waals surface area (Å²) in [5.74, 6) is -1.60. The molecule has 5 nitrogen and oxygen atoms in total. The molecule has 1 aromatic heterocycles. The number of piperidine rings is 1. The van der Waals surface area contributed by atoms with E-state index < -0.39 is 11.9 Å². The van der Waals surface area contributed by atoms with Gasteiger partial charge in [-0.05, 0) is 31.9 Å². The van der Waals surface area contributed by atoms with Gasteiger partial charge in [0, 0.05) is 18.8 Å². The number of likely N-dealkylation sites (tertiary alicyclic amines) is 1. The van der Waals surface area contributed by atoms with Crippen molar-refractivity contribution in [2.45, 2.75) is 25.8 Å². The molecule has 2 rings (SSSR count). The van der Waals surface area contributed by atoms with Gasteiger partial charge in [-0.2, -0.15) is 0 Å². The number of halogens is 1. The predicted octanol–water partition coefficient (Wildman–Crippen LogP) is 2.06. The molecule has 2 heterocycles. The maximum Gasteiger partial charge on any atom is 0.308 e. The highest BCUT2D eigenvalue weighted by Gasteiger charge is 2.35. The number of hydrogen-bond donors (Lipinski definition) is 1. The Balaban J connectivity index is 2.18. The topological polar surface area (TPSA) is 70.5 Å². The molecular formula is C13H15ClN2O3.